The molecule has 0 unspecified atom stereocenters. The fourth-order valence-corrected chi connectivity index (χ4v) is 7.10. The Morgan fingerprint density at radius 2 is 1.75 bits per heavy atom. The van der Waals surface area contributed by atoms with Gasteiger partial charge in [0, 0.05) is 43.7 Å². The molecule has 36 heavy (non-hydrogen) atoms. The summed E-state index contributed by atoms with van der Waals surface area (Å²) < 4.78 is 16.2. The number of rotatable bonds is 5. The number of imidazole rings is 1. The van der Waals surface area contributed by atoms with E-state index in [1.807, 2.05) is 18.2 Å². The normalized spacial score (nSPS) is 18.0. The Morgan fingerprint density at radius 1 is 1.03 bits per heavy atom. The van der Waals surface area contributed by atoms with Crippen LogP contribution in [0.3, 0.4) is 0 Å². The van der Waals surface area contributed by atoms with Crippen LogP contribution in [0.2, 0.25) is 5.02 Å². The number of fused-ring (bicyclic) bond motifs is 5. The van der Waals surface area contributed by atoms with Gasteiger partial charge in [0.1, 0.15) is 0 Å². The molecule has 2 aromatic carbocycles. The summed E-state index contributed by atoms with van der Waals surface area (Å²) in [5, 5.41) is 1.30. The van der Waals surface area contributed by atoms with Gasteiger partial charge >= 0.3 is 0 Å². The molecule has 190 valence electrons. The molecule has 6 rings (SSSR count). The molecule has 3 heterocycles. The second-order valence-electron chi connectivity index (χ2n) is 9.95. The van der Waals surface area contributed by atoms with Gasteiger partial charge in [0.15, 0.2) is 6.29 Å². The Hall–Kier alpha value is -2.13. The second-order valence-corrected chi connectivity index (χ2v) is 11.2. The van der Waals surface area contributed by atoms with Gasteiger partial charge in [-0.3, -0.25) is 9.20 Å². The molecule has 2 aliphatic rings. The fourth-order valence-electron chi connectivity index (χ4n) is 6.29. The largest absolute Gasteiger partial charge is 0.370 e. The zero-order chi connectivity index (χ0) is 25.0. The summed E-state index contributed by atoms with van der Waals surface area (Å²) in [6.45, 7) is 1.77. The van der Waals surface area contributed by atoms with Crippen LogP contribution in [-0.4, -0.2) is 47.6 Å². The van der Waals surface area contributed by atoms with E-state index in [2.05, 4.69) is 46.9 Å². The molecule has 0 spiro atoms. The topological polar surface area (TPSA) is 61.0 Å². The summed E-state index contributed by atoms with van der Waals surface area (Å²) in [6, 6.07) is 10.4. The van der Waals surface area contributed by atoms with Crippen molar-refractivity contribution in [2.24, 2.45) is 5.92 Å². The molecule has 0 atom stereocenters. The lowest BCUT2D eigenvalue weighted by Gasteiger charge is -2.36. The lowest BCUT2D eigenvalue weighted by Crippen LogP contribution is -2.39. The van der Waals surface area contributed by atoms with Crippen molar-refractivity contribution in [2.75, 3.05) is 32.2 Å². The summed E-state index contributed by atoms with van der Waals surface area (Å²) in [4.78, 5) is 20.1. The van der Waals surface area contributed by atoms with Crippen molar-refractivity contribution in [2.45, 2.75) is 50.9 Å². The maximum Gasteiger partial charge on any atom is 0.283 e. The Labute approximate surface area is 223 Å². The van der Waals surface area contributed by atoms with E-state index in [1.165, 1.54) is 12.8 Å². The molecule has 7 nitrogen and oxygen atoms in total. The van der Waals surface area contributed by atoms with Crippen LogP contribution in [0.4, 0.5) is 5.69 Å². The number of hydrogen-bond donors (Lipinski definition) is 0. The van der Waals surface area contributed by atoms with E-state index < -0.39 is 0 Å². The number of benzene rings is 2. The van der Waals surface area contributed by atoms with Crippen molar-refractivity contribution in [1.29, 1.82) is 0 Å². The van der Waals surface area contributed by atoms with Gasteiger partial charge in [-0.1, -0.05) is 30.5 Å². The van der Waals surface area contributed by atoms with Crippen LogP contribution in [0.1, 0.15) is 44.6 Å². The highest BCUT2D eigenvalue weighted by molar-refractivity contribution is 9.10. The van der Waals surface area contributed by atoms with E-state index in [-0.39, 0.29) is 11.8 Å². The number of piperidine rings is 1. The molecule has 0 radical (unpaired) electrons. The van der Waals surface area contributed by atoms with Gasteiger partial charge in [0.05, 0.1) is 32.6 Å². The van der Waals surface area contributed by atoms with E-state index in [0.29, 0.717) is 28.1 Å². The summed E-state index contributed by atoms with van der Waals surface area (Å²) in [7, 11) is 3.41. The highest BCUT2D eigenvalue weighted by Crippen LogP contribution is 2.40. The highest BCUT2D eigenvalue weighted by Gasteiger charge is 2.29. The average molecular weight is 574 g/mol. The molecule has 9 heteroatoms. The zero-order valence-electron chi connectivity index (χ0n) is 20.5. The first-order valence-corrected chi connectivity index (χ1v) is 13.8. The summed E-state index contributed by atoms with van der Waals surface area (Å²) >= 11 is 10.5. The molecule has 1 saturated heterocycles. The zero-order valence-corrected chi connectivity index (χ0v) is 22.9. The Bertz CT molecular complexity index is 1500. The molecular weight excluding hydrogens is 544 g/mol. The molecule has 0 bridgehead atoms. The molecular formula is C27H30BrClN4O3. The number of halogens is 2. The molecule has 2 aromatic heterocycles. The SMILES string of the molecule is COC(OC)C1CCN(c2cc3c(cc2Cl)n2c4cccc(Br)c4c(=O)nc2n3C2CCCC2)CC1. The predicted octanol–water partition coefficient (Wildman–Crippen LogP) is 6.17. The van der Waals surface area contributed by atoms with E-state index in [4.69, 9.17) is 21.1 Å². The van der Waals surface area contributed by atoms with Crippen LogP contribution < -0.4 is 10.5 Å². The smallest absolute Gasteiger partial charge is 0.283 e. The summed E-state index contributed by atoms with van der Waals surface area (Å²) in [6.07, 6.45) is 6.32. The molecule has 1 aliphatic carbocycles. The van der Waals surface area contributed by atoms with Crippen molar-refractivity contribution in [3.8, 4) is 0 Å². The number of ether oxygens (including phenoxy) is 2. The fraction of sp³-hybridized carbons (Fsp3) is 0.481. The van der Waals surface area contributed by atoms with Crippen molar-refractivity contribution < 1.29 is 9.47 Å². The van der Waals surface area contributed by atoms with Crippen molar-refractivity contribution >= 4 is 60.9 Å². The lowest BCUT2D eigenvalue weighted by atomic mass is 9.95. The predicted molar refractivity (Wildman–Crippen MR) is 147 cm³/mol. The Morgan fingerprint density at radius 3 is 2.44 bits per heavy atom. The van der Waals surface area contributed by atoms with Crippen molar-refractivity contribution in [1.82, 2.24) is 14.0 Å². The molecule has 0 amide bonds. The summed E-state index contributed by atoms with van der Waals surface area (Å²) in [5.41, 5.74) is 3.73. The molecule has 2 fully saturated rings. The first kappa shape index (κ1) is 24.2. The number of nitrogens with zero attached hydrogens (tertiary/aromatic N) is 4. The quantitative estimate of drug-likeness (QED) is 0.267. The Kier molecular flexibility index (Phi) is 6.48. The third-order valence-corrected chi connectivity index (χ3v) is 8.99. The van der Waals surface area contributed by atoms with Gasteiger partial charge in [-0.15, -0.1) is 0 Å². The molecule has 1 saturated carbocycles. The second kappa shape index (κ2) is 9.63. The maximum atomic E-state index is 13.2. The monoisotopic (exact) mass is 572 g/mol. The van der Waals surface area contributed by atoms with Gasteiger partial charge in [0.2, 0.25) is 5.78 Å². The molecule has 4 aromatic rings. The summed E-state index contributed by atoms with van der Waals surface area (Å²) in [5.74, 6) is 1.06. The van der Waals surface area contributed by atoms with Crippen LogP contribution in [0.5, 0.6) is 0 Å². The number of aromatic nitrogens is 3. The van der Waals surface area contributed by atoms with Crippen molar-refractivity contribution in [3.63, 3.8) is 0 Å². The van der Waals surface area contributed by atoms with E-state index >= 15 is 0 Å². The Balaban J connectivity index is 1.53. The highest BCUT2D eigenvalue weighted by atomic mass is 79.9. The van der Waals surface area contributed by atoms with Crippen molar-refractivity contribution in [3.05, 3.63) is 50.2 Å². The third kappa shape index (κ3) is 3.85. The van der Waals surface area contributed by atoms with Gasteiger partial charge in [-0.05, 0) is 65.9 Å². The van der Waals surface area contributed by atoms with Gasteiger partial charge in [0.25, 0.3) is 5.56 Å². The van der Waals surface area contributed by atoms with E-state index in [1.54, 1.807) is 14.2 Å². The lowest BCUT2D eigenvalue weighted by molar-refractivity contribution is -0.141. The van der Waals surface area contributed by atoms with Crippen LogP contribution in [0, 0.1) is 5.92 Å². The van der Waals surface area contributed by atoms with E-state index in [0.717, 1.165) is 65.5 Å². The van der Waals surface area contributed by atoms with Crippen LogP contribution in [-0.2, 0) is 9.47 Å². The average Bonchev–Trinajstić information content (AvgIpc) is 3.50. The van der Waals surface area contributed by atoms with Crippen LogP contribution in [0.15, 0.2) is 39.6 Å². The standard InChI is InChI=1S/C27H30BrClN4O3/c1-35-26(36-2)16-10-12-31(13-11-16)21-15-23-22(14-19(21)29)33-20-9-5-8-18(28)24(20)25(34)30-27(33)32(23)17-6-3-4-7-17/h5,8-9,14-17,26H,3-4,6-7,10-13H2,1-2H3. The molecule has 1 aliphatic heterocycles. The number of hydrogen-bond acceptors (Lipinski definition) is 5. The van der Waals surface area contributed by atoms with Gasteiger partial charge in [-0.2, -0.15) is 4.98 Å². The van der Waals surface area contributed by atoms with Crippen LogP contribution >= 0.6 is 27.5 Å². The minimum absolute atomic E-state index is 0.175. The first-order valence-electron chi connectivity index (χ1n) is 12.7. The van der Waals surface area contributed by atoms with Gasteiger partial charge < -0.3 is 18.9 Å². The first-order chi connectivity index (χ1) is 17.5. The maximum absolute atomic E-state index is 13.2. The minimum Gasteiger partial charge on any atom is -0.370 e. The minimum atomic E-state index is -0.209. The van der Waals surface area contributed by atoms with Gasteiger partial charge in [-0.25, -0.2) is 0 Å². The van der Waals surface area contributed by atoms with E-state index in [9.17, 15) is 4.79 Å². The number of methoxy groups -OCH3 is 2. The third-order valence-electron chi connectivity index (χ3n) is 8.03. The van der Waals surface area contributed by atoms with Crippen LogP contribution in [0.25, 0.3) is 27.7 Å². The number of anilines is 1. The molecule has 0 N–H and O–H groups in total.